The number of hydrogen-bond donors (Lipinski definition) is 0. The summed E-state index contributed by atoms with van der Waals surface area (Å²) < 4.78 is 10.3. The van der Waals surface area contributed by atoms with Gasteiger partial charge in [-0.1, -0.05) is 34.0 Å². The van der Waals surface area contributed by atoms with E-state index in [0.29, 0.717) is 18.5 Å². The Labute approximate surface area is 123 Å². The van der Waals surface area contributed by atoms with Crippen molar-refractivity contribution >= 4 is 12.0 Å². The average molecular weight is 289 g/mol. The molecule has 0 amide bonds. The Hall–Kier alpha value is -2.11. The maximum Gasteiger partial charge on any atom is 0.396 e. The van der Waals surface area contributed by atoms with Crippen molar-refractivity contribution in [2.75, 3.05) is 24.6 Å². The van der Waals surface area contributed by atoms with Crippen LogP contribution >= 0.6 is 0 Å². The molecule has 1 aromatic rings. The highest BCUT2D eigenvalue weighted by atomic mass is 16.5. The summed E-state index contributed by atoms with van der Waals surface area (Å²) in [5.41, 5.74) is 1.49. The molecule has 1 saturated heterocycles. The highest BCUT2D eigenvalue weighted by Crippen LogP contribution is 2.31. The second-order valence-corrected chi connectivity index (χ2v) is 5.25. The molecule has 0 bridgehead atoms. The van der Waals surface area contributed by atoms with Gasteiger partial charge < -0.3 is 14.1 Å². The maximum atomic E-state index is 11.5. The smallest absolute Gasteiger partial charge is 0.396 e. The Morgan fingerprint density at radius 1 is 1.52 bits per heavy atom. The summed E-state index contributed by atoms with van der Waals surface area (Å²) in [6.07, 6.45) is 9.88. The van der Waals surface area contributed by atoms with Gasteiger partial charge in [0.1, 0.15) is 0 Å². The van der Waals surface area contributed by atoms with E-state index in [1.54, 1.807) is 6.92 Å². The minimum Gasteiger partial charge on any atom is -0.459 e. The number of hydrogen-bond acceptors (Lipinski definition) is 6. The van der Waals surface area contributed by atoms with Gasteiger partial charge in [0.05, 0.1) is 6.61 Å². The summed E-state index contributed by atoms with van der Waals surface area (Å²) in [6.45, 7) is 3.77. The van der Waals surface area contributed by atoms with Crippen molar-refractivity contribution < 1.29 is 13.9 Å². The predicted molar refractivity (Wildman–Crippen MR) is 77.0 cm³/mol. The van der Waals surface area contributed by atoms with Crippen molar-refractivity contribution in [3.8, 4) is 0 Å². The first-order valence-electron chi connectivity index (χ1n) is 7.39. The van der Waals surface area contributed by atoms with E-state index in [-0.39, 0.29) is 5.89 Å². The highest BCUT2D eigenvalue weighted by molar-refractivity contribution is 5.84. The summed E-state index contributed by atoms with van der Waals surface area (Å²) in [5, 5.41) is 7.71. The number of nitrogens with zero attached hydrogens (tertiary/aromatic N) is 3. The van der Waals surface area contributed by atoms with Crippen molar-refractivity contribution in [2.45, 2.75) is 26.2 Å². The number of aromatic nitrogens is 2. The molecule has 112 valence electrons. The molecule has 1 atom stereocenters. The summed E-state index contributed by atoms with van der Waals surface area (Å²) in [5.74, 6) is -0.102. The molecule has 1 aromatic heterocycles. The molecule has 2 heterocycles. The summed E-state index contributed by atoms with van der Waals surface area (Å²) in [4.78, 5) is 13.6. The van der Waals surface area contributed by atoms with Crippen LogP contribution in [-0.2, 0) is 4.74 Å². The fourth-order valence-electron chi connectivity index (χ4n) is 2.82. The molecule has 0 N–H and O–H groups in total. The lowest BCUT2D eigenvalue weighted by Crippen LogP contribution is -2.20. The average Bonchev–Trinajstić information content (AvgIpc) is 3.17. The van der Waals surface area contributed by atoms with Gasteiger partial charge in [-0.15, -0.1) is 0 Å². The number of carbonyl (C=O) groups is 1. The summed E-state index contributed by atoms with van der Waals surface area (Å²) >= 11 is 0. The monoisotopic (exact) mass is 289 g/mol. The zero-order valence-electron chi connectivity index (χ0n) is 12.1. The van der Waals surface area contributed by atoms with Crippen LogP contribution in [-0.4, -0.2) is 35.9 Å². The molecule has 3 rings (SSSR count). The fourth-order valence-corrected chi connectivity index (χ4v) is 2.82. The molecule has 1 aliphatic heterocycles. The van der Waals surface area contributed by atoms with Gasteiger partial charge in [-0.25, -0.2) is 4.79 Å². The fraction of sp³-hybridized carbons (Fsp3) is 0.533. The lowest BCUT2D eigenvalue weighted by Gasteiger charge is -2.17. The third-order valence-corrected chi connectivity index (χ3v) is 3.89. The zero-order valence-corrected chi connectivity index (χ0v) is 12.1. The van der Waals surface area contributed by atoms with Crippen LogP contribution < -0.4 is 4.90 Å². The Balaban J connectivity index is 1.65. The summed E-state index contributed by atoms with van der Waals surface area (Å²) in [6, 6.07) is 0.410. The van der Waals surface area contributed by atoms with Crippen LogP contribution in [0.2, 0.25) is 0 Å². The van der Waals surface area contributed by atoms with E-state index >= 15 is 0 Å². The third-order valence-electron chi connectivity index (χ3n) is 3.89. The number of allylic oxidation sites excluding steroid dienone is 3. The Morgan fingerprint density at radius 2 is 2.43 bits per heavy atom. The van der Waals surface area contributed by atoms with E-state index in [4.69, 9.17) is 9.15 Å². The highest BCUT2D eigenvalue weighted by Gasteiger charge is 2.29. The Bertz CT molecular complexity index is 576. The van der Waals surface area contributed by atoms with Gasteiger partial charge in [0.25, 0.3) is 0 Å². The molecular weight excluding hydrogens is 270 g/mol. The van der Waals surface area contributed by atoms with Crippen LogP contribution in [0.5, 0.6) is 0 Å². The van der Waals surface area contributed by atoms with E-state index in [9.17, 15) is 4.79 Å². The van der Waals surface area contributed by atoms with Crippen molar-refractivity contribution in [3.63, 3.8) is 0 Å². The zero-order chi connectivity index (χ0) is 14.7. The van der Waals surface area contributed by atoms with Gasteiger partial charge in [-0.2, -0.15) is 0 Å². The van der Waals surface area contributed by atoms with Crippen LogP contribution in [0.3, 0.4) is 0 Å². The molecular formula is C15H19N3O3. The second kappa shape index (κ2) is 6.11. The lowest BCUT2D eigenvalue weighted by molar-refractivity contribution is 0.0481. The first kappa shape index (κ1) is 13.9. The topological polar surface area (TPSA) is 68.5 Å². The van der Waals surface area contributed by atoms with E-state index in [2.05, 4.69) is 28.4 Å². The number of esters is 1. The van der Waals surface area contributed by atoms with Crippen molar-refractivity contribution in [1.29, 1.82) is 0 Å². The molecule has 0 aromatic carbocycles. The number of rotatable bonds is 4. The second-order valence-electron chi connectivity index (χ2n) is 5.25. The molecule has 1 unspecified atom stereocenters. The first-order valence-corrected chi connectivity index (χ1v) is 7.39. The minimum atomic E-state index is -0.563. The SMILES string of the molecule is CCOC(=O)c1nnc(N2CCC(C3=CC=CCC3)C2)o1. The molecule has 21 heavy (non-hydrogen) atoms. The van der Waals surface area contributed by atoms with Crippen molar-refractivity contribution in [2.24, 2.45) is 5.92 Å². The quantitative estimate of drug-likeness (QED) is 0.793. The third kappa shape index (κ3) is 2.99. The Kier molecular flexibility index (Phi) is 4.03. The van der Waals surface area contributed by atoms with Crippen molar-refractivity contribution in [3.05, 3.63) is 29.7 Å². The molecule has 6 heteroatoms. The van der Waals surface area contributed by atoms with E-state index in [1.165, 1.54) is 5.57 Å². The largest absolute Gasteiger partial charge is 0.459 e. The molecule has 2 aliphatic rings. The van der Waals surface area contributed by atoms with Gasteiger partial charge in [0.15, 0.2) is 0 Å². The lowest BCUT2D eigenvalue weighted by atomic mass is 9.91. The van der Waals surface area contributed by atoms with Gasteiger partial charge in [-0.3, -0.25) is 0 Å². The van der Waals surface area contributed by atoms with E-state index in [0.717, 1.165) is 32.4 Å². The molecule has 6 nitrogen and oxygen atoms in total. The summed E-state index contributed by atoms with van der Waals surface area (Å²) in [7, 11) is 0. The first-order chi connectivity index (χ1) is 10.3. The number of carbonyl (C=O) groups excluding carboxylic acids is 1. The van der Waals surface area contributed by atoms with E-state index in [1.807, 2.05) is 4.90 Å². The van der Waals surface area contributed by atoms with Crippen LogP contribution in [0.1, 0.15) is 36.9 Å². The molecule has 1 fully saturated rings. The molecule has 0 saturated carbocycles. The van der Waals surface area contributed by atoms with Gasteiger partial charge >= 0.3 is 17.9 Å². The van der Waals surface area contributed by atoms with Crippen molar-refractivity contribution in [1.82, 2.24) is 10.2 Å². The number of anilines is 1. The molecule has 0 spiro atoms. The maximum absolute atomic E-state index is 11.5. The van der Waals surface area contributed by atoms with Crippen LogP contribution in [0, 0.1) is 5.92 Å². The predicted octanol–water partition coefficient (Wildman–Crippen LogP) is 2.35. The standard InChI is InChI=1S/C15H19N3O3/c1-2-20-14(19)13-16-17-15(21-13)18-9-8-12(10-18)11-6-4-3-5-7-11/h3-4,6,12H,2,5,7-10H2,1H3. The minimum absolute atomic E-state index is 0.0740. The van der Waals surface area contributed by atoms with Crippen LogP contribution in [0.15, 0.2) is 28.2 Å². The molecule has 0 radical (unpaired) electrons. The molecule has 1 aliphatic carbocycles. The Morgan fingerprint density at radius 3 is 3.19 bits per heavy atom. The normalized spacial score (nSPS) is 21.5. The van der Waals surface area contributed by atoms with Gasteiger partial charge in [-0.05, 0) is 32.1 Å². The number of ether oxygens (including phenoxy) is 1. The van der Waals surface area contributed by atoms with E-state index < -0.39 is 5.97 Å². The van der Waals surface area contributed by atoms with Crippen LogP contribution in [0.25, 0.3) is 0 Å². The van der Waals surface area contributed by atoms with Gasteiger partial charge in [0, 0.05) is 13.1 Å². The van der Waals surface area contributed by atoms with Gasteiger partial charge in [0.2, 0.25) is 0 Å². The van der Waals surface area contributed by atoms with Crippen LogP contribution in [0.4, 0.5) is 6.01 Å².